The van der Waals surface area contributed by atoms with Crippen molar-refractivity contribution in [3.63, 3.8) is 0 Å². The van der Waals surface area contributed by atoms with E-state index < -0.39 is 0 Å². The fourth-order valence-corrected chi connectivity index (χ4v) is 3.01. The van der Waals surface area contributed by atoms with Crippen molar-refractivity contribution in [2.45, 2.75) is 32.2 Å². The highest BCUT2D eigenvalue weighted by molar-refractivity contribution is 7.15. The molecule has 1 fully saturated rings. The van der Waals surface area contributed by atoms with E-state index in [4.69, 9.17) is 0 Å². The number of carbonyl (C=O) groups is 1. The summed E-state index contributed by atoms with van der Waals surface area (Å²) in [6.45, 7) is 1.76. The quantitative estimate of drug-likeness (QED) is 0.816. The van der Waals surface area contributed by atoms with Crippen molar-refractivity contribution in [2.75, 3.05) is 11.9 Å². The minimum Gasteiger partial charge on any atom is -0.310 e. The monoisotopic (exact) mass is 317 g/mol. The highest BCUT2D eigenvalue weighted by Crippen LogP contribution is 2.25. The molecule has 2 heterocycles. The van der Waals surface area contributed by atoms with Gasteiger partial charge >= 0.3 is 0 Å². The average molecular weight is 317 g/mol. The Morgan fingerprint density at radius 3 is 2.95 bits per heavy atom. The SMILES string of the molecule is O=C(Cc1ccccn1)Nc1nnc(CNCC2CCC2)s1. The van der Waals surface area contributed by atoms with Crippen LogP contribution in [-0.4, -0.2) is 27.6 Å². The van der Waals surface area contributed by atoms with Crippen LogP contribution in [0.1, 0.15) is 30.0 Å². The molecule has 2 aromatic rings. The summed E-state index contributed by atoms with van der Waals surface area (Å²) in [5.41, 5.74) is 0.743. The summed E-state index contributed by atoms with van der Waals surface area (Å²) in [6, 6.07) is 5.52. The summed E-state index contributed by atoms with van der Waals surface area (Å²) in [5, 5.41) is 15.7. The topological polar surface area (TPSA) is 79.8 Å². The standard InChI is InChI=1S/C15H19N5OS/c21-13(8-12-6-1-2-7-17-12)18-15-20-19-14(22-15)10-16-9-11-4-3-5-11/h1-2,6-7,11,16H,3-5,8-10H2,(H,18,20,21). The number of carbonyl (C=O) groups excluding carboxylic acids is 1. The number of nitrogens with zero attached hydrogens (tertiary/aromatic N) is 3. The van der Waals surface area contributed by atoms with Gasteiger partial charge < -0.3 is 10.6 Å². The van der Waals surface area contributed by atoms with Gasteiger partial charge in [0.05, 0.1) is 6.42 Å². The average Bonchev–Trinajstić information content (AvgIpc) is 2.90. The lowest BCUT2D eigenvalue weighted by atomic mass is 9.85. The van der Waals surface area contributed by atoms with Gasteiger partial charge in [0.25, 0.3) is 0 Å². The number of anilines is 1. The predicted molar refractivity (Wildman–Crippen MR) is 85.5 cm³/mol. The molecule has 3 rings (SSSR count). The molecule has 0 aliphatic heterocycles. The molecule has 0 aromatic carbocycles. The number of nitrogens with one attached hydrogen (secondary N) is 2. The third-order valence-electron chi connectivity index (χ3n) is 3.72. The van der Waals surface area contributed by atoms with Gasteiger partial charge in [-0.1, -0.05) is 23.8 Å². The van der Waals surface area contributed by atoms with E-state index in [9.17, 15) is 4.79 Å². The van der Waals surface area contributed by atoms with Crippen LogP contribution in [-0.2, 0) is 17.8 Å². The molecule has 7 heteroatoms. The molecule has 2 aromatic heterocycles. The Morgan fingerprint density at radius 1 is 1.32 bits per heavy atom. The van der Waals surface area contributed by atoms with Crippen LogP contribution < -0.4 is 10.6 Å². The normalized spacial score (nSPS) is 14.5. The van der Waals surface area contributed by atoms with E-state index in [2.05, 4.69) is 25.8 Å². The number of hydrogen-bond donors (Lipinski definition) is 2. The van der Waals surface area contributed by atoms with E-state index in [1.165, 1.54) is 30.6 Å². The molecule has 0 bridgehead atoms. The molecule has 1 aliphatic rings. The maximum Gasteiger partial charge on any atom is 0.232 e. The van der Waals surface area contributed by atoms with Crippen LogP contribution in [0.2, 0.25) is 0 Å². The van der Waals surface area contributed by atoms with Crippen LogP contribution in [0.25, 0.3) is 0 Å². The molecule has 0 atom stereocenters. The number of aromatic nitrogens is 3. The first-order valence-electron chi connectivity index (χ1n) is 7.52. The Bertz CT molecular complexity index is 611. The van der Waals surface area contributed by atoms with Gasteiger partial charge in [-0.3, -0.25) is 9.78 Å². The van der Waals surface area contributed by atoms with E-state index in [1.807, 2.05) is 18.2 Å². The van der Waals surface area contributed by atoms with Crippen molar-refractivity contribution in [2.24, 2.45) is 5.92 Å². The third-order valence-corrected chi connectivity index (χ3v) is 4.55. The van der Waals surface area contributed by atoms with Crippen molar-refractivity contribution >= 4 is 22.4 Å². The van der Waals surface area contributed by atoms with E-state index in [0.717, 1.165) is 23.2 Å². The zero-order chi connectivity index (χ0) is 15.2. The molecule has 1 saturated carbocycles. The van der Waals surface area contributed by atoms with Gasteiger partial charge in [-0.15, -0.1) is 10.2 Å². The first-order valence-corrected chi connectivity index (χ1v) is 8.34. The molecule has 6 nitrogen and oxygen atoms in total. The summed E-state index contributed by atoms with van der Waals surface area (Å²) in [4.78, 5) is 16.0. The van der Waals surface area contributed by atoms with Gasteiger partial charge in [-0.25, -0.2) is 0 Å². The Kier molecular flexibility index (Phi) is 5.07. The predicted octanol–water partition coefficient (Wildman–Crippen LogP) is 2.00. The zero-order valence-electron chi connectivity index (χ0n) is 12.3. The lowest BCUT2D eigenvalue weighted by Gasteiger charge is -2.25. The van der Waals surface area contributed by atoms with Crippen molar-refractivity contribution in [3.05, 3.63) is 35.1 Å². The molecule has 1 amide bonds. The lowest BCUT2D eigenvalue weighted by molar-refractivity contribution is -0.115. The second kappa shape index (κ2) is 7.42. The number of rotatable bonds is 7. The summed E-state index contributed by atoms with van der Waals surface area (Å²) in [5.74, 6) is 0.703. The maximum atomic E-state index is 11.9. The largest absolute Gasteiger partial charge is 0.310 e. The first-order chi connectivity index (χ1) is 10.8. The van der Waals surface area contributed by atoms with Crippen LogP contribution in [0.3, 0.4) is 0 Å². The summed E-state index contributed by atoms with van der Waals surface area (Å²) in [6.07, 6.45) is 5.95. The molecular weight excluding hydrogens is 298 g/mol. The number of amides is 1. The van der Waals surface area contributed by atoms with Gasteiger partial charge in [0, 0.05) is 18.4 Å². The first kappa shape index (κ1) is 15.1. The molecular formula is C15H19N5OS. The number of pyridine rings is 1. The second-order valence-corrected chi connectivity index (χ2v) is 6.54. The summed E-state index contributed by atoms with van der Waals surface area (Å²) < 4.78 is 0. The van der Waals surface area contributed by atoms with Gasteiger partial charge in [-0.2, -0.15) is 0 Å². The highest BCUT2D eigenvalue weighted by atomic mass is 32.1. The summed E-state index contributed by atoms with van der Waals surface area (Å²) in [7, 11) is 0. The molecule has 1 aliphatic carbocycles. The molecule has 22 heavy (non-hydrogen) atoms. The lowest BCUT2D eigenvalue weighted by Crippen LogP contribution is -2.26. The molecule has 0 radical (unpaired) electrons. The van der Waals surface area contributed by atoms with Crippen LogP contribution in [0.5, 0.6) is 0 Å². The Hall–Kier alpha value is -1.86. The maximum absolute atomic E-state index is 11.9. The smallest absolute Gasteiger partial charge is 0.232 e. The molecule has 116 valence electrons. The van der Waals surface area contributed by atoms with Crippen LogP contribution in [0.15, 0.2) is 24.4 Å². The molecule has 2 N–H and O–H groups in total. The van der Waals surface area contributed by atoms with Gasteiger partial charge in [0.2, 0.25) is 11.0 Å². The molecule has 0 saturated heterocycles. The van der Waals surface area contributed by atoms with Crippen LogP contribution in [0.4, 0.5) is 5.13 Å². The van der Waals surface area contributed by atoms with Crippen LogP contribution >= 0.6 is 11.3 Å². The van der Waals surface area contributed by atoms with Crippen molar-refractivity contribution in [1.29, 1.82) is 0 Å². The fraction of sp³-hybridized carbons (Fsp3) is 0.467. The fourth-order valence-electron chi connectivity index (χ4n) is 2.29. The van der Waals surface area contributed by atoms with Gasteiger partial charge in [0.15, 0.2) is 0 Å². The van der Waals surface area contributed by atoms with E-state index in [-0.39, 0.29) is 12.3 Å². The molecule has 0 spiro atoms. The minimum atomic E-state index is -0.121. The summed E-state index contributed by atoms with van der Waals surface area (Å²) >= 11 is 1.41. The van der Waals surface area contributed by atoms with Gasteiger partial charge in [0.1, 0.15) is 5.01 Å². The highest BCUT2D eigenvalue weighted by Gasteiger charge is 2.16. The minimum absolute atomic E-state index is 0.121. The Morgan fingerprint density at radius 2 is 2.23 bits per heavy atom. The van der Waals surface area contributed by atoms with E-state index in [0.29, 0.717) is 11.7 Å². The zero-order valence-corrected chi connectivity index (χ0v) is 13.1. The Labute approximate surface area is 133 Å². The van der Waals surface area contributed by atoms with E-state index >= 15 is 0 Å². The van der Waals surface area contributed by atoms with Crippen LogP contribution in [0, 0.1) is 5.92 Å². The number of hydrogen-bond acceptors (Lipinski definition) is 6. The van der Waals surface area contributed by atoms with Crippen molar-refractivity contribution in [1.82, 2.24) is 20.5 Å². The molecule has 0 unspecified atom stereocenters. The second-order valence-electron chi connectivity index (χ2n) is 5.47. The van der Waals surface area contributed by atoms with Gasteiger partial charge in [-0.05, 0) is 37.4 Å². The Balaban J connectivity index is 1.43. The van der Waals surface area contributed by atoms with Crippen molar-refractivity contribution < 1.29 is 4.79 Å². The van der Waals surface area contributed by atoms with Crippen molar-refractivity contribution in [3.8, 4) is 0 Å². The third kappa shape index (κ3) is 4.32. The van der Waals surface area contributed by atoms with E-state index in [1.54, 1.807) is 6.20 Å².